The lowest BCUT2D eigenvalue weighted by atomic mass is 11.0. The first kappa shape index (κ1) is 7.51. The lowest BCUT2D eigenvalue weighted by Gasteiger charge is -2.05. The Bertz CT molecular complexity index is 32.0. The van der Waals surface area contributed by atoms with Crippen molar-refractivity contribution >= 4 is 45.1 Å². The summed E-state index contributed by atoms with van der Waals surface area (Å²) < 4.78 is 0. The number of thioether (sulfide) groups is 2. The molecule has 0 aliphatic carbocycles. The number of rotatable bonds is 0. The largest absolute Gasteiger partial charge is 0.150 e. The normalized spacial score (nSPS) is 24.0. The molecule has 0 aromatic heterocycles. The van der Waals surface area contributed by atoms with Crippen molar-refractivity contribution in [3.05, 3.63) is 0 Å². The second-order valence-electron chi connectivity index (χ2n) is 1.29. The predicted octanol–water partition coefficient (Wildman–Crippen LogP) is 2.76. The molecule has 4 heteroatoms. The van der Waals surface area contributed by atoms with E-state index < -0.39 is 0 Å². The van der Waals surface area contributed by atoms with E-state index >= 15 is 0 Å². The minimum Gasteiger partial charge on any atom is -0.150 e. The van der Waals surface area contributed by atoms with Crippen molar-refractivity contribution in [2.75, 3.05) is 21.7 Å². The van der Waals surface area contributed by atoms with E-state index in [4.69, 9.17) is 0 Å². The van der Waals surface area contributed by atoms with Crippen LogP contribution in [0, 0.1) is 0 Å². The van der Waals surface area contributed by atoms with Crippen LogP contribution < -0.4 is 0 Å². The number of hydrogen-bond acceptors (Lipinski definition) is 4. The average molecular weight is 184 g/mol. The maximum absolute atomic E-state index is 2.06. The van der Waals surface area contributed by atoms with Crippen molar-refractivity contribution in [3.63, 3.8) is 0 Å². The Morgan fingerprint density at radius 1 is 0.750 bits per heavy atom. The highest BCUT2D eigenvalue weighted by Gasteiger charge is 1.96. The zero-order chi connectivity index (χ0) is 5.66. The summed E-state index contributed by atoms with van der Waals surface area (Å²) in [5.41, 5.74) is 0. The van der Waals surface area contributed by atoms with Crippen LogP contribution in [0.3, 0.4) is 0 Å². The average Bonchev–Trinajstić information content (AvgIpc) is 1.62. The molecule has 0 N–H and O–H groups in total. The summed E-state index contributed by atoms with van der Waals surface area (Å²) in [5, 5.41) is 2.57. The van der Waals surface area contributed by atoms with Gasteiger partial charge < -0.3 is 0 Å². The van der Waals surface area contributed by atoms with Crippen molar-refractivity contribution < 1.29 is 0 Å². The first-order chi connectivity index (χ1) is 4.00. The molecule has 0 aromatic carbocycles. The van der Waals surface area contributed by atoms with E-state index in [9.17, 15) is 0 Å². The molecule has 1 rings (SSSR count). The topological polar surface area (TPSA) is 0 Å². The molecule has 1 aliphatic heterocycles. The summed E-state index contributed by atoms with van der Waals surface area (Å²) in [6, 6.07) is 0. The van der Waals surface area contributed by atoms with Gasteiger partial charge in [0.2, 0.25) is 0 Å². The van der Waals surface area contributed by atoms with E-state index in [1.807, 2.05) is 33.3 Å². The zero-order valence-corrected chi connectivity index (χ0v) is 7.73. The Balaban J connectivity index is 2.00. The van der Waals surface area contributed by atoms with Crippen LogP contribution in [0.2, 0.25) is 0 Å². The van der Waals surface area contributed by atoms with Crippen LogP contribution in [0.5, 0.6) is 0 Å². The number of hydrogen-bond donors (Lipinski definition) is 0. The maximum atomic E-state index is 2.06. The summed E-state index contributed by atoms with van der Waals surface area (Å²) in [5.74, 6) is 2.67. The van der Waals surface area contributed by atoms with Crippen LogP contribution in [0.1, 0.15) is 0 Å². The Kier molecular flexibility index (Phi) is 4.88. The van der Waals surface area contributed by atoms with E-state index in [1.165, 1.54) is 21.7 Å². The zero-order valence-electron chi connectivity index (χ0n) is 4.46. The predicted molar refractivity (Wildman–Crippen MR) is 49.8 cm³/mol. The third-order valence-electron chi connectivity index (χ3n) is 0.692. The van der Waals surface area contributed by atoms with Gasteiger partial charge in [0.15, 0.2) is 0 Å². The molecule has 1 heterocycles. The molecular formula is C4H8S4. The molecule has 0 aromatic rings. The fraction of sp³-hybridized carbons (Fsp3) is 1.00. The van der Waals surface area contributed by atoms with Gasteiger partial charge in [-0.25, -0.2) is 0 Å². The van der Waals surface area contributed by atoms with E-state index in [0.29, 0.717) is 0 Å². The quantitative estimate of drug-likeness (QED) is 0.531. The molecule has 0 nitrogen and oxygen atoms in total. The highest BCUT2D eigenvalue weighted by atomic mass is 33.1. The molecule has 1 saturated heterocycles. The van der Waals surface area contributed by atoms with Gasteiger partial charge in [0, 0.05) is 16.6 Å². The van der Waals surface area contributed by atoms with Gasteiger partial charge in [-0.3, -0.25) is 0 Å². The van der Waals surface area contributed by atoms with Crippen molar-refractivity contribution in [3.8, 4) is 0 Å². The summed E-state index contributed by atoms with van der Waals surface area (Å²) in [6.07, 6.45) is 0. The van der Waals surface area contributed by atoms with Crippen molar-refractivity contribution in [1.29, 1.82) is 0 Å². The first-order valence-electron chi connectivity index (χ1n) is 2.40. The molecule has 0 atom stereocenters. The molecule has 0 bridgehead atoms. The Morgan fingerprint density at radius 2 is 1.75 bits per heavy atom. The maximum Gasteiger partial charge on any atom is 0.0504 e. The lowest BCUT2D eigenvalue weighted by molar-refractivity contribution is 1.57. The van der Waals surface area contributed by atoms with Gasteiger partial charge in [0.05, 0.1) is 5.08 Å². The van der Waals surface area contributed by atoms with Crippen molar-refractivity contribution in [2.45, 2.75) is 0 Å². The van der Waals surface area contributed by atoms with Crippen LogP contribution in [-0.4, -0.2) is 21.7 Å². The van der Waals surface area contributed by atoms with E-state index in [2.05, 4.69) is 11.8 Å². The Morgan fingerprint density at radius 3 is 2.75 bits per heavy atom. The molecule has 0 saturated carbocycles. The highest BCUT2D eigenvalue weighted by Crippen LogP contribution is 2.31. The van der Waals surface area contributed by atoms with Crippen LogP contribution >= 0.6 is 45.1 Å². The monoisotopic (exact) mass is 184 g/mol. The first-order valence-corrected chi connectivity index (χ1v) is 7.20. The molecule has 1 fully saturated rings. The fourth-order valence-corrected chi connectivity index (χ4v) is 5.80. The molecule has 0 radical (unpaired) electrons. The Hall–Kier alpha value is 1.40. The minimum absolute atomic E-state index is 1.28. The molecule has 0 unspecified atom stereocenters. The summed E-state index contributed by atoms with van der Waals surface area (Å²) in [4.78, 5) is 0. The van der Waals surface area contributed by atoms with Gasteiger partial charge in [-0.1, -0.05) is 21.6 Å². The van der Waals surface area contributed by atoms with E-state index in [-0.39, 0.29) is 0 Å². The third-order valence-corrected chi connectivity index (χ3v) is 6.23. The second kappa shape index (κ2) is 5.21. The second-order valence-corrected chi connectivity index (χ2v) is 6.69. The van der Waals surface area contributed by atoms with E-state index in [0.717, 1.165) is 0 Å². The summed E-state index contributed by atoms with van der Waals surface area (Å²) in [6.45, 7) is 0. The summed E-state index contributed by atoms with van der Waals surface area (Å²) >= 11 is 4.09. The van der Waals surface area contributed by atoms with Crippen molar-refractivity contribution in [1.82, 2.24) is 0 Å². The smallest absolute Gasteiger partial charge is 0.0504 e. The fourth-order valence-electron chi connectivity index (χ4n) is 0.372. The SMILES string of the molecule is C1CSSCSCS1. The lowest BCUT2D eigenvalue weighted by Crippen LogP contribution is -1.85. The van der Waals surface area contributed by atoms with Gasteiger partial charge >= 0.3 is 0 Å². The van der Waals surface area contributed by atoms with Gasteiger partial charge in [0.25, 0.3) is 0 Å². The van der Waals surface area contributed by atoms with Crippen LogP contribution in [0.15, 0.2) is 0 Å². The molecule has 0 spiro atoms. The van der Waals surface area contributed by atoms with Gasteiger partial charge in [-0.05, 0) is 0 Å². The van der Waals surface area contributed by atoms with Crippen LogP contribution in [0.25, 0.3) is 0 Å². The van der Waals surface area contributed by atoms with Gasteiger partial charge in [0.1, 0.15) is 0 Å². The van der Waals surface area contributed by atoms with Crippen LogP contribution in [-0.2, 0) is 0 Å². The van der Waals surface area contributed by atoms with Gasteiger partial charge in [-0.2, -0.15) is 11.8 Å². The minimum atomic E-state index is 1.28. The highest BCUT2D eigenvalue weighted by molar-refractivity contribution is 8.78. The molecule has 8 heavy (non-hydrogen) atoms. The molecule has 48 valence electrons. The van der Waals surface area contributed by atoms with E-state index in [1.54, 1.807) is 0 Å². The molecule has 1 aliphatic rings. The van der Waals surface area contributed by atoms with Crippen LogP contribution in [0.4, 0.5) is 0 Å². The molecular weight excluding hydrogens is 176 g/mol. The summed E-state index contributed by atoms with van der Waals surface area (Å²) in [7, 11) is 4.00. The van der Waals surface area contributed by atoms with Crippen molar-refractivity contribution in [2.24, 2.45) is 0 Å². The standard InChI is InChI=1S/C4H8S4/c1-2-7-8-4-6-3-5-1/h1-4H2. The molecule has 0 amide bonds. The Labute approximate surface area is 66.7 Å². The third kappa shape index (κ3) is 3.43. The van der Waals surface area contributed by atoms with Gasteiger partial charge in [-0.15, -0.1) is 11.8 Å².